The molecule has 6 heteroatoms. The topological polar surface area (TPSA) is 75.7 Å². The third-order valence-electron chi connectivity index (χ3n) is 3.84. The van der Waals surface area contributed by atoms with Crippen molar-refractivity contribution in [1.82, 2.24) is 4.90 Å². The smallest absolute Gasteiger partial charge is 0.339 e. The lowest BCUT2D eigenvalue weighted by Gasteiger charge is -2.32. The normalized spacial score (nSPS) is 17.7. The van der Waals surface area contributed by atoms with Crippen molar-refractivity contribution < 1.29 is 19.1 Å². The van der Waals surface area contributed by atoms with Crippen molar-refractivity contribution in [3.63, 3.8) is 0 Å². The monoisotopic (exact) mass is 304 g/mol. The van der Waals surface area contributed by atoms with Gasteiger partial charge in [0.05, 0.1) is 18.4 Å². The summed E-state index contributed by atoms with van der Waals surface area (Å²) in [5.74, 6) is -1.85. The molecule has 0 bridgehead atoms. The molecule has 1 saturated heterocycles. The van der Waals surface area contributed by atoms with Gasteiger partial charge in [-0.3, -0.25) is 9.59 Å². The van der Waals surface area contributed by atoms with E-state index in [9.17, 15) is 14.4 Å². The first-order valence-corrected chi connectivity index (χ1v) is 7.34. The summed E-state index contributed by atoms with van der Waals surface area (Å²) in [6.45, 7) is 2.53. The number of likely N-dealkylation sites (tertiary alicyclic amines) is 1. The average molecular weight is 304 g/mol. The van der Waals surface area contributed by atoms with Gasteiger partial charge in [0.1, 0.15) is 0 Å². The molecule has 1 unspecified atom stereocenters. The SMILES string of the molecule is COC(=O)c1ccccc1NC(=O)C(=O)N1CCCCC1C. The molecule has 1 atom stereocenters. The molecule has 0 spiro atoms. The molecular weight excluding hydrogens is 284 g/mol. The van der Waals surface area contributed by atoms with Crippen LogP contribution in [0.25, 0.3) is 0 Å². The first-order valence-electron chi connectivity index (χ1n) is 7.34. The highest BCUT2D eigenvalue weighted by molar-refractivity contribution is 6.40. The van der Waals surface area contributed by atoms with E-state index in [4.69, 9.17) is 0 Å². The zero-order chi connectivity index (χ0) is 16.1. The first kappa shape index (κ1) is 16.0. The number of methoxy groups -OCH3 is 1. The molecule has 1 N–H and O–H groups in total. The van der Waals surface area contributed by atoms with Crippen LogP contribution in [0.2, 0.25) is 0 Å². The zero-order valence-electron chi connectivity index (χ0n) is 12.8. The van der Waals surface area contributed by atoms with Crippen LogP contribution >= 0.6 is 0 Å². The summed E-state index contributed by atoms with van der Waals surface area (Å²) in [7, 11) is 1.27. The Kier molecular flexibility index (Phi) is 5.14. The number of nitrogens with one attached hydrogen (secondary N) is 1. The Balaban J connectivity index is 2.12. The number of amides is 2. The fourth-order valence-corrected chi connectivity index (χ4v) is 2.59. The summed E-state index contributed by atoms with van der Waals surface area (Å²) < 4.78 is 4.67. The lowest BCUT2D eigenvalue weighted by molar-refractivity contribution is -0.145. The average Bonchev–Trinajstić information content (AvgIpc) is 2.54. The number of piperidine rings is 1. The number of rotatable bonds is 2. The first-order chi connectivity index (χ1) is 10.5. The van der Waals surface area contributed by atoms with Crippen molar-refractivity contribution in [2.75, 3.05) is 19.0 Å². The van der Waals surface area contributed by atoms with Crippen molar-refractivity contribution in [3.8, 4) is 0 Å². The Morgan fingerprint density at radius 3 is 2.64 bits per heavy atom. The molecule has 1 heterocycles. The van der Waals surface area contributed by atoms with Crippen LogP contribution in [-0.2, 0) is 14.3 Å². The summed E-state index contributed by atoms with van der Waals surface area (Å²) in [6, 6.07) is 6.50. The van der Waals surface area contributed by atoms with Gasteiger partial charge in [-0.25, -0.2) is 4.79 Å². The summed E-state index contributed by atoms with van der Waals surface area (Å²) in [4.78, 5) is 37.7. The Bertz CT molecular complexity index is 585. The van der Waals surface area contributed by atoms with Crippen molar-refractivity contribution in [1.29, 1.82) is 0 Å². The second kappa shape index (κ2) is 7.06. The van der Waals surface area contributed by atoms with E-state index in [2.05, 4.69) is 10.1 Å². The third kappa shape index (κ3) is 3.44. The molecule has 6 nitrogen and oxygen atoms in total. The zero-order valence-corrected chi connectivity index (χ0v) is 12.8. The van der Waals surface area contributed by atoms with Crippen LogP contribution in [0.15, 0.2) is 24.3 Å². The molecule has 0 aromatic heterocycles. The second-order valence-electron chi connectivity index (χ2n) is 5.33. The number of hydrogen-bond acceptors (Lipinski definition) is 4. The fraction of sp³-hybridized carbons (Fsp3) is 0.438. The number of esters is 1. The maximum absolute atomic E-state index is 12.3. The maximum atomic E-state index is 12.3. The van der Waals surface area contributed by atoms with Crippen molar-refractivity contribution in [3.05, 3.63) is 29.8 Å². The Hall–Kier alpha value is -2.37. The van der Waals surface area contributed by atoms with Crippen molar-refractivity contribution in [2.24, 2.45) is 0 Å². The number of carbonyl (C=O) groups is 3. The molecule has 1 aliphatic heterocycles. The van der Waals surface area contributed by atoms with Crippen molar-refractivity contribution in [2.45, 2.75) is 32.2 Å². The molecule has 2 rings (SSSR count). The van der Waals surface area contributed by atoms with Gasteiger partial charge >= 0.3 is 17.8 Å². The molecule has 118 valence electrons. The molecule has 2 amide bonds. The molecule has 22 heavy (non-hydrogen) atoms. The lowest BCUT2D eigenvalue weighted by atomic mass is 10.0. The van der Waals surface area contributed by atoms with Crippen LogP contribution in [0.4, 0.5) is 5.69 Å². The van der Waals surface area contributed by atoms with Crippen LogP contribution in [-0.4, -0.2) is 42.4 Å². The predicted octanol–water partition coefficient (Wildman–Crippen LogP) is 1.81. The number of para-hydroxylation sites is 1. The molecule has 0 aliphatic carbocycles. The fourth-order valence-electron chi connectivity index (χ4n) is 2.59. The number of ether oxygens (including phenoxy) is 1. The van der Waals surface area contributed by atoms with E-state index in [1.54, 1.807) is 23.1 Å². The number of benzene rings is 1. The summed E-state index contributed by atoms with van der Waals surface area (Å²) >= 11 is 0. The molecule has 1 aliphatic rings. The second-order valence-corrected chi connectivity index (χ2v) is 5.33. The largest absolute Gasteiger partial charge is 0.465 e. The van der Waals surface area contributed by atoms with Crippen LogP contribution < -0.4 is 5.32 Å². The Morgan fingerprint density at radius 1 is 1.23 bits per heavy atom. The van der Waals surface area contributed by atoms with Crippen LogP contribution in [0.3, 0.4) is 0 Å². The van der Waals surface area contributed by atoms with Gasteiger partial charge < -0.3 is 15.0 Å². The van der Waals surface area contributed by atoms with Gasteiger partial charge in [0, 0.05) is 12.6 Å². The lowest BCUT2D eigenvalue weighted by Crippen LogP contribution is -2.47. The van der Waals surface area contributed by atoms with E-state index in [0.717, 1.165) is 19.3 Å². The van der Waals surface area contributed by atoms with Gasteiger partial charge in [-0.05, 0) is 38.3 Å². The highest BCUT2D eigenvalue weighted by Crippen LogP contribution is 2.19. The molecule has 1 aromatic carbocycles. The quantitative estimate of drug-likeness (QED) is 0.668. The van der Waals surface area contributed by atoms with E-state index in [1.165, 1.54) is 13.2 Å². The van der Waals surface area contributed by atoms with Gasteiger partial charge in [-0.15, -0.1) is 0 Å². The van der Waals surface area contributed by atoms with Crippen LogP contribution in [0, 0.1) is 0 Å². The molecule has 1 fully saturated rings. The minimum absolute atomic E-state index is 0.0582. The van der Waals surface area contributed by atoms with E-state index in [1.807, 2.05) is 6.92 Å². The number of carbonyl (C=O) groups excluding carboxylic acids is 3. The van der Waals surface area contributed by atoms with Gasteiger partial charge in [0.15, 0.2) is 0 Å². The van der Waals surface area contributed by atoms with E-state index in [-0.39, 0.29) is 17.3 Å². The number of hydrogen-bond donors (Lipinski definition) is 1. The van der Waals surface area contributed by atoms with Gasteiger partial charge in [-0.2, -0.15) is 0 Å². The predicted molar refractivity (Wildman–Crippen MR) is 81.4 cm³/mol. The van der Waals surface area contributed by atoms with Gasteiger partial charge in [-0.1, -0.05) is 12.1 Å². The minimum Gasteiger partial charge on any atom is -0.465 e. The van der Waals surface area contributed by atoms with Crippen molar-refractivity contribution >= 4 is 23.5 Å². The molecule has 0 saturated carbocycles. The standard InChI is InChI=1S/C16H20N2O4/c1-11-7-5-6-10-18(11)15(20)14(19)17-13-9-4-3-8-12(13)16(21)22-2/h3-4,8-9,11H,5-7,10H2,1-2H3,(H,17,19). The minimum atomic E-state index is -0.731. The van der Waals surface area contributed by atoms with E-state index < -0.39 is 17.8 Å². The van der Waals surface area contributed by atoms with E-state index in [0.29, 0.717) is 6.54 Å². The summed E-state index contributed by atoms with van der Waals surface area (Å²) in [6.07, 6.45) is 2.87. The maximum Gasteiger partial charge on any atom is 0.339 e. The van der Waals surface area contributed by atoms with E-state index >= 15 is 0 Å². The van der Waals surface area contributed by atoms with Gasteiger partial charge in [0.25, 0.3) is 0 Å². The number of nitrogens with zero attached hydrogens (tertiary/aromatic N) is 1. The number of anilines is 1. The summed E-state index contributed by atoms with van der Waals surface area (Å²) in [5, 5.41) is 2.51. The molecule has 0 radical (unpaired) electrons. The third-order valence-corrected chi connectivity index (χ3v) is 3.84. The Morgan fingerprint density at radius 2 is 1.95 bits per heavy atom. The summed E-state index contributed by atoms with van der Waals surface area (Å²) in [5.41, 5.74) is 0.496. The Labute approximate surface area is 129 Å². The molecular formula is C16H20N2O4. The van der Waals surface area contributed by atoms with Crippen LogP contribution in [0.1, 0.15) is 36.5 Å². The van der Waals surface area contributed by atoms with Gasteiger partial charge in [0.2, 0.25) is 0 Å². The highest BCUT2D eigenvalue weighted by atomic mass is 16.5. The molecule has 1 aromatic rings. The highest BCUT2D eigenvalue weighted by Gasteiger charge is 2.28. The van der Waals surface area contributed by atoms with Crippen LogP contribution in [0.5, 0.6) is 0 Å².